The van der Waals surface area contributed by atoms with Gasteiger partial charge in [-0.3, -0.25) is 0 Å². The molecule has 68 valence electrons. The molecule has 2 heteroatoms. The van der Waals surface area contributed by atoms with Crippen molar-refractivity contribution in [2.75, 3.05) is 6.61 Å². The number of allylic oxidation sites excluding steroid dienone is 2. The molecular weight excluding hydrogens is 164 g/mol. The highest BCUT2D eigenvalue weighted by molar-refractivity contribution is 6.83. The van der Waals surface area contributed by atoms with E-state index in [0.29, 0.717) is 0 Å². The fourth-order valence-electron chi connectivity index (χ4n) is 0.610. The molecule has 12 heavy (non-hydrogen) atoms. The van der Waals surface area contributed by atoms with Crippen molar-refractivity contribution >= 4 is 8.07 Å². The maximum Gasteiger partial charge on any atom is 0.129 e. The summed E-state index contributed by atoms with van der Waals surface area (Å²) in [6.07, 6.45) is 5.68. The van der Waals surface area contributed by atoms with E-state index in [2.05, 4.69) is 31.1 Å². The number of aliphatic hydroxyl groups excluding tert-OH is 1. The highest BCUT2D eigenvalue weighted by Gasteiger charge is 2.06. The Kier molecular flexibility index (Phi) is 5.78. The molecular formula is C10H18OSi. The Hall–Kier alpha value is -0.523. The van der Waals surface area contributed by atoms with Gasteiger partial charge in [-0.05, 0) is 18.9 Å². The second kappa shape index (κ2) is 6.04. The SMILES string of the molecule is C[Si](C)(C)C#CC=CCCCO. The summed E-state index contributed by atoms with van der Waals surface area (Å²) in [6, 6.07) is 0. The van der Waals surface area contributed by atoms with Crippen molar-refractivity contribution in [3.8, 4) is 11.5 Å². The zero-order valence-electron chi connectivity index (χ0n) is 8.22. The van der Waals surface area contributed by atoms with Gasteiger partial charge in [0.2, 0.25) is 0 Å². The lowest BCUT2D eigenvalue weighted by atomic mass is 10.3. The van der Waals surface area contributed by atoms with Crippen LogP contribution in [0, 0.1) is 11.5 Å². The van der Waals surface area contributed by atoms with E-state index in [1.54, 1.807) is 0 Å². The van der Waals surface area contributed by atoms with Crippen molar-refractivity contribution in [1.29, 1.82) is 0 Å². The van der Waals surface area contributed by atoms with Crippen LogP contribution in [0.5, 0.6) is 0 Å². The highest BCUT2D eigenvalue weighted by atomic mass is 28.3. The van der Waals surface area contributed by atoms with Gasteiger partial charge in [-0.2, -0.15) is 0 Å². The molecule has 0 heterocycles. The zero-order valence-corrected chi connectivity index (χ0v) is 9.22. The largest absolute Gasteiger partial charge is 0.396 e. The summed E-state index contributed by atoms with van der Waals surface area (Å²) in [7, 11) is -1.19. The average molecular weight is 182 g/mol. The Morgan fingerprint density at radius 3 is 2.50 bits per heavy atom. The highest BCUT2D eigenvalue weighted by Crippen LogP contribution is 1.96. The molecule has 0 aliphatic rings. The smallest absolute Gasteiger partial charge is 0.129 e. The number of hydrogen-bond donors (Lipinski definition) is 1. The van der Waals surface area contributed by atoms with E-state index in [1.807, 2.05) is 12.2 Å². The molecule has 0 aromatic carbocycles. The van der Waals surface area contributed by atoms with E-state index < -0.39 is 8.07 Å². The summed E-state index contributed by atoms with van der Waals surface area (Å²) in [5.41, 5.74) is 3.24. The minimum absolute atomic E-state index is 0.270. The first-order chi connectivity index (χ1) is 5.56. The molecule has 0 unspecified atom stereocenters. The van der Waals surface area contributed by atoms with Gasteiger partial charge in [0.1, 0.15) is 8.07 Å². The molecule has 0 spiro atoms. The Balaban J connectivity index is 3.63. The van der Waals surface area contributed by atoms with Crippen molar-refractivity contribution in [3.63, 3.8) is 0 Å². The minimum Gasteiger partial charge on any atom is -0.396 e. The Bertz CT molecular complexity index is 190. The van der Waals surface area contributed by atoms with Crippen LogP contribution in [0.1, 0.15) is 12.8 Å². The molecule has 0 radical (unpaired) electrons. The number of unbranched alkanes of at least 4 members (excludes halogenated alkanes) is 1. The standard InChI is InChI=1S/C10H18OSi/c1-12(2,3)10-8-6-4-5-7-9-11/h4,6,11H,5,7,9H2,1-3H3. The van der Waals surface area contributed by atoms with Crippen molar-refractivity contribution < 1.29 is 5.11 Å². The molecule has 0 amide bonds. The Morgan fingerprint density at radius 2 is 2.00 bits per heavy atom. The van der Waals surface area contributed by atoms with E-state index in [9.17, 15) is 0 Å². The lowest BCUT2D eigenvalue weighted by Crippen LogP contribution is -2.16. The molecule has 0 saturated heterocycles. The monoisotopic (exact) mass is 182 g/mol. The van der Waals surface area contributed by atoms with Crippen LogP contribution in [0.3, 0.4) is 0 Å². The Morgan fingerprint density at radius 1 is 1.33 bits per heavy atom. The summed E-state index contributed by atoms with van der Waals surface area (Å²) in [4.78, 5) is 0. The maximum absolute atomic E-state index is 8.49. The molecule has 0 bridgehead atoms. The molecule has 0 aromatic heterocycles. The van der Waals surface area contributed by atoms with Gasteiger partial charge in [0, 0.05) is 6.61 Å². The predicted octanol–water partition coefficient (Wildman–Crippen LogP) is 2.20. The topological polar surface area (TPSA) is 20.2 Å². The van der Waals surface area contributed by atoms with Crippen LogP contribution in [-0.2, 0) is 0 Å². The van der Waals surface area contributed by atoms with Gasteiger partial charge >= 0.3 is 0 Å². The van der Waals surface area contributed by atoms with Crippen LogP contribution >= 0.6 is 0 Å². The first kappa shape index (κ1) is 11.5. The minimum atomic E-state index is -1.19. The summed E-state index contributed by atoms with van der Waals surface area (Å²) >= 11 is 0. The quantitative estimate of drug-likeness (QED) is 0.403. The summed E-state index contributed by atoms with van der Waals surface area (Å²) in [5, 5.41) is 8.49. The van der Waals surface area contributed by atoms with Crippen LogP contribution < -0.4 is 0 Å². The Labute approximate surface area is 76.5 Å². The van der Waals surface area contributed by atoms with E-state index in [4.69, 9.17) is 5.11 Å². The van der Waals surface area contributed by atoms with Crippen molar-refractivity contribution in [1.82, 2.24) is 0 Å². The molecule has 0 aliphatic heterocycles. The second-order valence-electron chi connectivity index (χ2n) is 3.79. The van der Waals surface area contributed by atoms with E-state index in [1.165, 1.54) is 0 Å². The fraction of sp³-hybridized carbons (Fsp3) is 0.600. The van der Waals surface area contributed by atoms with Crippen LogP contribution in [-0.4, -0.2) is 19.8 Å². The zero-order chi connectivity index (χ0) is 9.45. The van der Waals surface area contributed by atoms with Gasteiger partial charge in [0.05, 0.1) is 0 Å². The summed E-state index contributed by atoms with van der Waals surface area (Å²) in [5.74, 6) is 3.03. The number of aliphatic hydroxyl groups is 1. The van der Waals surface area contributed by atoms with E-state index in [0.717, 1.165) is 12.8 Å². The van der Waals surface area contributed by atoms with Crippen LogP contribution in [0.15, 0.2) is 12.2 Å². The maximum atomic E-state index is 8.49. The second-order valence-corrected chi connectivity index (χ2v) is 8.54. The fourth-order valence-corrected chi connectivity index (χ4v) is 1.13. The summed E-state index contributed by atoms with van der Waals surface area (Å²) in [6.45, 7) is 6.94. The first-order valence-electron chi connectivity index (χ1n) is 4.35. The number of rotatable bonds is 3. The first-order valence-corrected chi connectivity index (χ1v) is 7.85. The summed E-state index contributed by atoms with van der Waals surface area (Å²) < 4.78 is 0. The molecule has 1 nitrogen and oxygen atoms in total. The van der Waals surface area contributed by atoms with Gasteiger partial charge in [0.25, 0.3) is 0 Å². The van der Waals surface area contributed by atoms with Crippen LogP contribution in [0.2, 0.25) is 19.6 Å². The molecule has 0 aromatic rings. The van der Waals surface area contributed by atoms with Crippen LogP contribution in [0.25, 0.3) is 0 Å². The molecule has 1 N–H and O–H groups in total. The molecule has 0 fully saturated rings. The molecule has 0 saturated carbocycles. The normalized spacial score (nSPS) is 11.3. The molecule has 0 atom stereocenters. The van der Waals surface area contributed by atoms with Crippen molar-refractivity contribution in [2.24, 2.45) is 0 Å². The number of hydrogen-bond acceptors (Lipinski definition) is 1. The van der Waals surface area contributed by atoms with Gasteiger partial charge in [-0.15, -0.1) is 5.54 Å². The third-order valence-corrected chi connectivity index (χ3v) is 2.07. The van der Waals surface area contributed by atoms with Crippen LogP contribution in [0.4, 0.5) is 0 Å². The van der Waals surface area contributed by atoms with Crippen molar-refractivity contribution in [3.05, 3.63) is 12.2 Å². The van der Waals surface area contributed by atoms with Gasteiger partial charge in [0.15, 0.2) is 0 Å². The molecule has 0 rings (SSSR count). The van der Waals surface area contributed by atoms with E-state index in [-0.39, 0.29) is 6.61 Å². The van der Waals surface area contributed by atoms with E-state index >= 15 is 0 Å². The lowest BCUT2D eigenvalue weighted by molar-refractivity contribution is 0.289. The van der Waals surface area contributed by atoms with Gasteiger partial charge < -0.3 is 5.11 Å². The predicted molar refractivity (Wildman–Crippen MR) is 56.6 cm³/mol. The lowest BCUT2D eigenvalue weighted by Gasteiger charge is -2.01. The third-order valence-electron chi connectivity index (χ3n) is 1.18. The average Bonchev–Trinajstić information content (AvgIpc) is 1.94. The van der Waals surface area contributed by atoms with Crippen molar-refractivity contribution in [2.45, 2.75) is 32.5 Å². The van der Waals surface area contributed by atoms with Gasteiger partial charge in [-0.1, -0.05) is 31.6 Å². The van der Waals surface area contributed by atoms with Gasteiger partial charge in [-0.25, -0.2) is 0 Å². The molecule has 0 aliphatic carbocycles. The third kappa shape index (κ3) is 9.48.